The quantitative estimate of drug-likeness (QED) is 0.683. The van der Waals surface area contributed by atoms with Crippen LogP contribution in [0.15, 0.2) is 41.6 Å². The number of hydrogen-bond donors (Lipinski definition) is 1. The molecule has 26 heavy (non-hydrogen) atoms. The predicted molar refractivity (Wildman–Crippen MR) is 98.5 cm³/mol. The van der Waals surface area contributed by atoms with Gasteiger partial charge < -0.3 is 9.55 Å². The lowest BCUT2D eigenvalue weighted by Gasteiger charge is -2.19. The first kappa shape index (κ1) is 16.9. The van der Waals surface area contributed by atoms with Crippen molar-refractivity contribution < 1.29 is 8.42 Å². The molecular weight excluding hydrogens is 370 g/mol. The molecular formula is C17H15N5O2S2. The molecule has 1 aromatic carbocycles. The third kappa shape index (κ3) is 2.54. The van der Waals surface area contributed by atoms with Crippen LogP contribution in [0.3, 0.4) is 0 Å². The summed E-state index contributed by atoms with van der Waals surface area (Å²) >= 11 is 5.33. The molecule has 1 aliphatic rings. The van der Waals surface area contributed by atoms with Crippen LogP contribution in [0.25, 0.3) is 11.0 Å². The van der Waals surface area contributed by atoms with Crippen molar-refractivity contribution in [1.82, 2.24) is 18.8 Å². The summed E-state index contributed by atoms with van der Waals surface area (Å²) in [7, 11) is -3.58. The molecule has 0 atom stereocenters. The standard InChI is InChI=1S/C17H15N5O2S2/c18-10-13-14-6-7-21(26(23,24)12-4-2-1-3-5-12)8-9-22(14)16-15(13)19-11-20-17(16)25/h1-5,11H,6-9H2,(H,19,20,25). The maximum atomic E-state index is 12.9. The number of nitrogens with zero attached hydrogens (tertiary/aromatic N) is 4. The maximum Gasteiger partial charge on any atom is 0.243 e. The minimum atomic E-state index is -3.58. The third-order valence-electron chi connectivity index (χ3n) is 4.63. The summed E-state index contributed by atoms with van der Waals surface area (Å²) in [6, 6.07) is 10.6. The Hall–Kier alpha value is -2.54. The molecule has 0 aliphatic carbocycles. The first-order valence-electron chi connectivity index (χ1n) is 8.08. The molecule has 0 radical (unpaired) electrons. The molecule has 0 amide bonds. The molecule has 0 saturated heterocycles. The highest BCUT2D eigenvalue weighted by Crippen LogP contribution is 2.28. The van der Waals surface area contributed by atoms with Crippen LogP contribution in [0.4, 0.5) is 0 Å². The first-order valence-corrected chi connectivity index (χ1v) is 9.93. The summed E-state index contributed by atoms with van der Waals surface area (Å²) in [5.74, 6) is 0. The molecule has 0 bridgehead atoms. The molecule has 0 saturated carbocycles. The Kier molecular flexibility index (Phi) is 4.11. The summed E-state index contributed by atoms with van der Waals surface area (Å²) in [5.41, 5.74) is 2.66. The van der Waals surface area contributed by atoms with Crippen LogP contribution < -0.4 is 0 Å². The van der Waals surface area contributed by atoms with Gasteiger partial charge in [-0.15, -0.1) is 0 Å². The Morgan fingerprint density at radius 1 is 1.19 bits per heavy atom. The van der Waals surface area contributed by atoms with Crippen LogP contribution in [-0.4, -0.2) is 40.3 Å². The number of benzene rings is 1. The molecule has 3 heterocycles. The van der Waals surface area contributed by atoms with Crippen LogP contribution in [0, 0.1) is 16.0 Å². The van der Waals surface area contributed by atoms with Gasteiger partial charge in [-0.1, -0.05) is 30.4 Å². The Bertz CT molecular complexity index is 1190. The normalized spacial score (nSPS) is 15.3. The molecule has 0 fully saturated rings. The predicted octanol–water partition coefficient (Wildman–Crippen LogP) is 2.21. The van der Waals surface area contributed by atoms with E-state index < -0.39 is 10.0 Å². The molecule has 3 aromatic rings. The molecule has 1 aliphatic heterocycles. The molecule has 0 unspecified atom stereocenters. The minimum absolute atomic E-state index is 0.274. The number of fused-ring (bicyclic) bond motifs is 3. The Balaban J connectivity index is 1.78. The van der Waals surface area contributed by atoms with Gasteiger partial charge in [-0.25, -0.2) is 13.4 Å². The van der Waals surface area contributed by atoms with Gasteiger partial charge in [0.2, 0.25) is 10.0 Å². The summed E-state index contributed by atoms with van der Waals surface area (Å²) in [6.07, 6.45) is 1.92. The highest BCUT2D eigenvalue weighted by molar-refractivity contribution is 7.89. The van der Waals surface area contributed by atoms with Crippen LogP contribution in [0.5, 0.6) is 0 Å². The zero-order chi connectivity index (χ0) is 18.3. The van der Waals surface area contributed by atoms with Crippen molar-refractivity contribution in [2.45, 2.75) is 17.9 Å². The van der Waals surface area contributed by atoms with Crippen LogP contribution in [0.1, 0.15) is 11.3 Å². The maximum absolute atomic E-state index is 12.9. The zero-order valence-corrected chi connectivity index (χ0v) is 15.3. The Labute approximate surface area is 155 Å². The van der Waals surface area contributed by atoms with E-state index in [-0.39, 0.29) is 4.90 Å². The van der Waals surface area contributed by atoms with E-state index in [4.69, 9.17) is 12.2 Å². The average molecular weight is 385 g/mol. The second kappa shape index (κ2) is 6.32. The van der Waals surface area contributed by atoms with Crippen molar-refractivity contribution in [3.05, 3.63) is 52.6 Å². The highest BCUT2D eigenvalue weighted by atomic mass is 32.2. The Morgan fingerprint density at radius 2 is 1.96 bits per heavy atom. The number of H-pyrrole nitrogens is 1. The summed E-state index contributed by atoms with van der Waals surface area (Å²) in [4.78, 5) is 7.38. The lowest BCUT2D eigenvalue weighted by atomic mass is 10.2. The molecule has 7 nitrogen and oxygen atoms in total. The van der Waals surface area contributed by atoms with E-state index in [1.807, 2.05) is 4.57 Å². The highest BCUT2D eigenvalue weighted by Gasteiger charge is 2.29. The van der Waals surface area contributed by atoms with Crippen molar-refractivity contribution in [2.75, 3.05) is 13.1 Å². The van der Waals surface area contributed by atoms with E-state index in [1.165, 1.54) is 10.6 Å². The van der Waals surface area contributed by atoms with Crippen molar-refractivity contribution in [1.29, 1.82) is 5.26 Å². The lowest BCUT2D eigenvalue weighted by Crippen LogP contribution is -2.33. The summed E-state index contributed by atoms with van der Waals surface area (Å²) in [5, 5.41) is 9.60. The zero-order valence-electron chi connectivity index (χ0n) is 13.7. The number of rotatable bonds is 2. The largest absolute Gasteiger partial charge is 0.343 e. The van der Waals surface area contributed by atoms with Crippen molar-refractivity contribution in [3.63, 3.8) is 0 Å². The molecule has 1 N–H and O–H groups in total. The third-order valence-corrected chi connectivity index (χ3v) is 6.84. The monoisotopic (exact) mass is 385 g/mol. The number of hydrogen-bond acceptors (Lipinski definition) is 5. The van der Waals surface area contributed by atoms with Gasteiger partial charge in [0.15, 0.2) is 4.64 Å². The number of nitrogens with one attached hydrogen (secondary N) is 1. The van der Waals surface area contributed by atoms with Crippen molar-refractivity contribution in [2.24, 2.45) is 0 Å². The smallest absolute Gasteiger partial charge is 0.243 e. The van der Waals surface area contributed by atoms with E-state index in [0.29, 0.717) is 47.3 Å². The number of sulfonamides is 1. The summed E-state index contributed by atoms with van der Waals surface area (Å²) < 4.78 is 29.6. The van der Waals surface area contributed by atoms with E-state index in [9.17, 15) is 13.7 Å². The average Bonchev–Trinajstić information content (AvgIpc) is 2.80. The van der Waals surface area contributed by atoms with E-state index in [1.54, 1.807) is 30.3 Å². The lowest BCUT2D eigenvalue weighted by molar-refractivity contribution is 0.416. The Morgan fingerprint density at radius 3 is 2.69 bits per heavy atom. The van der Waals surface area contributed by atoms with E-state index in [2.05, 4.69) is 16.0 Å². The fraction of sp³-hybridized carbons (Fsp3) is 0.235. The van der Waals surface area contributed by atoms with Gasteiger partial charge in [-0.05, 0) is 12.1 Å². The van der Waals surface area contributed by atoms with Crippen LogP contribution >= 0.6 is 12.2 Å². The van der Waals surface area contributed by atoms with Gasteiger partial charge in [0.25, 0.3) is 0 Å². The first-order chi connectivity index (χ1) is 12.5. The minimum Gasteiger partial charge on any atom is -0.343 e. The second-order valence-corrected chi connectivity index (χ2v) is 8.31. The fourth-order valence-corrected chi connectivity index (χ4v) is 5.13. The van der Waals surface area contributed by atoms with Gasteiger partial charge in [-0.3, -0.25) is 0 Å². The SMILES string of the molecule is N#Cc1c2n(c3c(=S)nc[nH]c13)CCN(S(=O)(=O)c1ccccc1)CC2. The van der Waals surface area contributed by atoms with E-state index >= 15 is 0 Å². The molecule has 132 valence electrons. The number of aromatic nitrogens is 3. The number of aromatic amines is 1. The van der Waals surface area contributed by atoms with E-state index in [0.717, 1.165) is 5.69 Å². The topological polar surface area (TPSA) is 94.8 Å². The fourth-order valence-electron chi connectivity index (χ4n) is 3.41. The van der Waals surface area contributed by atoms with Gasteiger partial charge in [-0.2, -0.15) is 9.57 Å². The van der Waals surface area contributed by atoms with Gasteiger partial charge >= 0.3 is 0 Å². The second-order valence-electron chi connectivity index (χ2n) is 5.98. The van der Waals surface area contributed by atoms with Crippen molar-refractivity contribution in [3.8, 4) is 6.07 Å². The summed E-state index contributed by atoms with van der Waals surface area (Å²) in [6.45, 7) is 1.04. The van der Waals surface area contributed by atoms with Crippen molar-refractivity contribution >= 4 is 33.3 Å². The van der Waals surface area contributed by atoms with Crippen LogP contribution in [0.2, 0.25) is 0 Å². The molecule has 9 heteroatoms. The number of nitriles is 1. The van der Waals surface area contributed by atoms with Gasteiger partial charge in [0.05, 0.1) is 22.3 Å². The van der Waals surface area contributed by atoms with Gasteiger partial charge in [0, 0.05) is 31.7 Å². The molecule has 2 aromatic heterocycles. The molecule has 0 spiro atoms. The van der Waals surface area contributed by atoms with Gasteiger partial charge in [0.1, 0.15) is 11.6 Å². The van der Waals surface area contributed by atoms with Crippen LogP contribution in [-0.2, 0) is 23.0 Å². The molecule has 4 rings (SSSR count).